The Balaban J connectivity index is 0.000000199. The van der Waals surface area contributed by atoms with Crippen molar-refractivity contribution in [1.82, 2.24) is 49.7 Å². The topological polar surface area (TPSA) is 343 Å². The molecule has 2 aliphatic heterocycles. The van der Waals surface area contributed by atoms with E-state index in [1.165, 1.54) is 77.0 Å². The number of nitriles is 2. The Morgan fingerprint density at radius 2 is 1.20 bits per heavy atom. The summed E-state index contributed by atoms with van der Waals surface area (Å²) in [6.07, 6.45) is 11.4. The second-order valence-electron chi connectivity index (χ2n) is 12.7. The Hall–Kier alpha value is -8.41. The predicted molar refractivity (Wildman–Crippen MR) is 213 cm³/mol. The van der Waals surface area contributed by atoms with Crippen molar-refractivity contribution in [3.8, 4) is 46.0 Å². The van der Waals surface area contributed by atoms with E-state index < -0.39 is 15.8 Å². The van der Waals surface area contributed by atoms with Gasteiger partial charge in [-0.15, -0.1) is 12.4 Å². The van der Waals surface area contributed by atoms with Crippen LogP contribution in [0.4, 0.5) is 23.0 Å². The van der Waals surface area contributed by atoms with Gasteiger partial charge in [-0.3, -0.25) is 25.0 Å². The highest BCUT2D eigenvalue weighted by atomic mass is 35.5. The first-order valence-corrected chi connectivity index (χ1v) is 17.2. The summed E-state index contributed by atoms with van der Waals surface area (Å²) in [6, 6.07) is 13.3. The molecule has 1 amide bonds. The van der Waals surface area contributed by atoms with Crippen LogP contribution in [0.15, 0.2) is 86.0 Å². The molecule has 0 unspecified atom stereocenters. The van der Waals surface area contributed by atoms with Gasteiger partial charge in [0.25, 0.3) is 5.91 Å². The number of nitrogens with zero attached hydrogens (tertiary/aromatic N) is 13. The molecular formula is C36H31ClN16O7. The summed E-state index contributed by atoms with van der Waals surface area (Å²) in [6.45, 7) is 2.65. The van der Waals surface area contributed by atoms with Gasteiger partial charge in [0.15, 0.2) is 11.6 Å². The first-order valence-electron chi connectivity index (χ1n) is 17.2. The van der Waals surface area contributed by atoms with Gasteiger partial charge in [-0.25, -0.2) is 34.1 Å². The quantitative estimate of drug-likeness (QED) is 0.126. The van der Waals surface area contributed by atoms with E-state index in [1.807, 2.05) is 0 Å². The van der Waals surface area contributed by atoms with Gasteiger partial charge in [-0.2, -0.15) is 20.7 Å². The molecule has 0 atom stereocenters. The number of aromatic carboxylic acids is 1. The summed E-state index contributed by atoms with van der Waals surface area (Å²) < 4.78 is 2.82. The maximum atomic E-state index is 12.3. The average molecular weight is 835 g/mol. The summed E-state index contributed by atoms with van der Waals surface area (Å²) in [4.78, 5) is 61.8. The minimum Gasteiger partial charge on any atom is -0.478 e. The molecule has 0 aliphatic carbocycles. The molecule has 0 aromatic carbocycles. The van der Waals surface area contributed by atoms with Gasteiger partial charge < -0.3 is 26.8 Å². The first-order chi connectivity index (χ1) is 28.4. The molecular weight excluding hydrogens is 804 g/mol. The van der Waals surface area contributed by atoms with Crippen molar-refractivity contribution >= 4 is 47.3 Å². The van der Waals surface area contributed by atoms with Crippen molar-refractivity contribution in [2.24, 2.45) is 11.8 Å². The van der Waals surface area contributed by atoms with Crippen molar-refractivity contribution in [2.45, 2.75) is 0 Å². The molecule has 6 aromatic rings. The maximum absolute atomic E-state index is 12.3. The van der Waals surface area contributed by atoms with Gasteiger partial charge in [0.05, 0.1) is 68.5 Å². The second kappa shape index (κ2) is 18.7. The number of hydrogen-bond acceptors (Lipinski definition) is 17. The number of pyridine rings is 4. The number of rotatable bonds is 8. The molecule has 0 spiro atoms. The summed E-state index contributed by atoms with van der Waals surface area (Å²) in [7, 11) is 0. The molecule has 304 valence electrons. The second-order valence-corrected chi connectivity index (χ2v) is 12.7. The fraction of sp³-hybridized carbons (Fsp3) is 0.167. The van der Waals surface area contributed by atoms with E-state index in [-0.39, 0.29) is 58.4 Å². The van der Waals surface area contributed by atoms with Crippen LogP contribution in [0.25, 0.3) is 33.9 Å². The van der Waals surface area contributed by atoms with Crippen LogP contribution in [0.2, 0.25) is 0 Å². The highest BCUT2D eigenvalue weighted by Crippen LogP contribution is 2.34. The SMILES string of the molecule is Cl.N#CC1CN(C(=O)c2ccc(-n3cc(-c4ccnc(N)c4[N+](=O)[O-])cn3)nc2)C1.N#CC1CNC1.Nc1nccc(-c2cnn(-c3ccc(C(=O)O)cn3)c2)c1[N+](=O)[O-]. The lowest BCUT2D eigenvalue weighted by Crippen LogP contribution is -2.49. The normalized spacial score (nSPS) is 12.9. The van der Waals surface area contributed by atoms with E-state index in [0.29, 0.717) is 52.9 Å². The number of amides is 1. The van der Waals surface area contributed by atoms with Gasteiger partial charge >= 0.3 is 17.3 Å². The standard InChI is InChI=1S/C18H14N8O3.C14H10N6O4.C4H6N2.ClH/c19-5-11-8-24(9-11)18(27)12-1-2-15(22-6-12)25-10-13(7-23-25)14-3-4-21-17(20)16(14)26(28)29;15-13-12(20(23)24)10(3-4-16-13)9-6-18-19(7-9)11-2-1-8(5-17-11)14(21)22;5-1-4-2-6-3-4;/h1-4,6-7,10-11H,8-9H2,(H2,20,21);1-7H,(H2,15,16)(H,21,22);4,6H,2-3H2;1H. The molecule has 60 heavy (non-hydrogen) atoms. The Kier molecular flexibility index (Phi) is 13.3. The van der Waals surface area contributed by atoms with Gasteiger partial charge in [0.2, 0.25) is 11.6 Å². The van der Waals surface area contributed by atoms with Crippen molar-refractivity contribution < 1.29 is 24.5 Å². The lowest BCUT2D eigenvalue weighted by atomic mass is 10.0. The Labute approximate surface area is 344 Å². The van der Waals surface area contributed by atoms with Crippen LogP contribution >= 0.6 is 12.4 Å². The van der Waals surface area contributed by atoms with E-state index in [4.69, 9.17) is 27.1 Å². The number of nitrogens with one attached hydrogen (secondary N) is 1. The fourth-order valence-corrected chi connectivity index (χ4v) is 5.55. The summed E-state index contributed by atoms with van der Waals surface area (Å²) >= 11 is 0. The van der Waals surface area contributed by atoms with Crippen molar-refractivity contribution in [2.75, 3.05) is 37.6 Å². The maximum Gasteiger partial charge on any atom is 0.337 e. The number of halogens is 1. The summed E-state index contributed by atoms with van der Waals surface area (Å²) in [5, 5.41) is 59.5. The molecule has 8 heterocycles. The zero-order chi connectivity index (χ0) is 42.2. The van der Waals surface area contributed by atoms with Crippen LogP contribution < -0.4 is 16.8 Å². The highest BCUT2D eigenvalue weighted by Gasteiger charge is 2.31. The predicted octanol–water partition coefficient (Wildman–Crippen LogP) is 3.08. The number of hydrogen-bond donors (Lipinski definition) is 4. The van der Waals surface area contributed by atoms with Crippen LogP contribution in [0.3, 0.4) is 0 Å². The fourth-order valence-electron chi connectivity index (χ4n) is 5.55. The van der Waals surface area contributed by atoms with Crippen molar-refractivity contribution in [3.63, 3.8) is 0 Å². The molecule has 0 radical (unpaired) electrons. The lowest BCUT2D eigenvalue weighted by Gasteiger charge is -2.35. The number of anilines is 2. The molecule has 2 aliphatic rings. The molecule has 0 bridgehead atoms. The molecule has 6 N–H and O–H groups in total. The lowest BCUT2D eigenvalue weighted by molar-refractivity contribution is -0.383. The van der Waals surface area contributed by atoms with Crippen LogP contribution in [-0.4, -0.2) is 97.4 Å². The third-order valence-electron chi connectivity index (χ3n) is 8.83. The van der Waals surface area contributed by atoms with Crippen LogP contribution in [0.1, 0.15) is 20.7 Å². The number of nitrogens with two attached hydrogens (primary N) is 2. The molecule has 24 heteroatoms. The number of nitrogen functional groups attached to an aromatic ring is 2. The van der Waals surface area contributed by atoms with Gasteiger partial charge in [0.1, 0.15) is 0 Å². The number of carboxylic acids is 1. The van der Waals surface area contributed by atoms with Crippen LogP contribution in [-0.2, 0) is 0 Å². The van der Waals surface area contributed by atoms with E-state index in [0.717, 1.165) is 13.1 Å². The van der Waals surface area contributed by atoms with Gasteiger partial charge in [-0.1, -0.05) is 0 Å². The highest BCUT2D eigenvalue weighted by molar-refractivity contribution is 5.94. The zero-order valence-corrected chi connectivity index (χ0v) is 31.7. The summed E-state index contributed by atoms with van der Waals surface area (Å²) in [5.41, 5.74) is 12.6. The van der Waals surface area contributed by atoms with E-state index >= 15 is 0 Å². The Bertz CT molecular complexity index is 2630. The number of likely N-dealkylation sites (tertiary alicyclic amines) is 1. The van der Waals surface area contributed by atoms with Gasteiger partial charge in [-0.05, 0) is 36.4 Å². The third kappa shape index (κ3) is 9.40. The molecule has 23 nitrogen and oxygen atoms in total. The van der Waals surface area contributed by atoms with Crippen LogP contribution in [0.5, 0.6) is 0 Å². The number of aromatic nitrogens is 8. The zero-order valence-electron chi connectivity index (χ0n) is 30.8. The molecule has 2 saturated heterocycles. The Morgan fingerprint density at radius 1 is 0.733 bits per heavy atom. The molecule has 2 fully saturated rings. The van der Waals surface area contributed by atoms with Crippen molar-refractivity contribution in [3.05, 3.63) is 117 Å². The Morgan fingerprint density at radius 3 is 1.55 bits per heavy atom. The van der Waals surface area contributed by atoms with Crippen LogP contribution in [0, 0.1) is 54.7 Å². The average Bonchev–Trinajstić information content (AvgIpc) is 3.89. The largest absolute Gasteiger partial charge is 0.478 e. The van der Waals surface area contributed by atoms with Crippen molar-refractivity contribution in [1.29, 1.82) is 10.5 Å². The van der Waals surface area contributed by atoms with Gasteiger partial charge in [0, 0.05) is 74.5 Å². The molecule has 8 rings (SSSR count). The molecule has 6 aromatic heterocycles. The number of carboxylic acid groups (broad SMARTS) is 1. The first kappa shape index (κ1) is 42.7. The molecule has 0 saturated carbocycles. The number of carbonyl (C=O) groups excluding carboxylic acids is 1. The minimum absolute atomic E-state index is 0. The number of carbonyl (C=O) groups is 2. The van der Waals surface area contributed by atoms with E-state index in [1.54, 1.807) is 23.2 Å². The monoisotopic (exact) mass is 834 g/mol. The smallest absolute Gasteiger partial charge is 0.337 e. The minimum atomic E-state index is -1.09. The van der Waals surface area contributed by atoms with E-state index in [9.17, 15) is 29.8 Å². The third-order valence-corrected chi connectivity index (χ3v) is 8.83. The van der Waals surface area contributed by atoms with E-state index in [2.05, 4.69) is 47.6 Å². The summed E-state index contributed by atoms with van der Waals surface area (Å²) in [5.74, 6) is -0.616. The number of nitro groups is 2.